The van der Waals surface area contributed by atoms with Crippen molar-refractivity contribution in [1.29, 1.82) is 0 Å². The Morgan fingerprint density at radius 2 is 1.75 bits per heavy atom. The average molecular weight is 323 g/mol. The second-order valence-electron chi connectivity index (χ2n) is 6.35. The van der Waals surface area contributed by atoms with Gasteiger partial charge in [-0.25, -0.2) is 0 Å². The minimum absolute atomic E-state index is 0.0606. The van der Waals surface area contributed by atoms with Crippen molar-refractivity contribution in [2.75, 3.05) is 25.0 Å². The first-order valence-electron chi connectivity index (χ1n) is 8.64. The number of likely N-dealkylation sites (tertiary alicyclic amines) is 1. The third kappa shape index (κ3) is 5.10. The first-order valence-corrected chi connectivity index (χ1v) is 8.64. The van der Waals surface area contributed by atoms with Gasteiger partial charge in [-0.3, -0.25) is 9.69 Å². The third-order valence-electron chi connectivity index (χ3n) is 4.35. The van der Waals surface area contributed by atoms with E-state index in [1.165, 1.54) is 5.56 Å². The molecule has 1 aliphatic heterocycles. The van der Waals surface area contributed by atoms with Gasteiger partial charge in [0.05, 0.1) is 6.54 Å². The van der Waals surface area contributed by atoms with Gasteiger partial charge in [0.2, 0.25) is 5.91 Å². The molecule has 2 N–H and O–H groups in total. The summed E-state index contributed by atoms with van der Waals surface area (Å²) in [6.45, 7) is 3.30. The van der Waals surface area contributed by atoms with E-state index in [-0.39, 0.29) is 11.9 Å². The Kier molecular flexibility index (Phi) is 5.85. The second-order valence-corrected chi connectivity index (χ2v) is 6.35. The molecule has 1 aliphatic rings. The Balaban J connectivity index is 1.44. The molecule has 1 fully saturated rings. The lowest BCUT2D eigenvalue weighted by molar-refractivity contribution is -0.120. The molecule has 0 bridgehead atoms. The Labute approximate surface area is 143 Å². The third-order valence-corrected chi connectivity index (χ3v) is 4.35. The Hall–Kier alpha value is -2.33. The molecule has 3 rings (SSSR count). The molecule has 0 saturated carbocycles. The first-order chi connectivity index (χ1) is 11.8. The number of anilines is 1. The number of piperidine rings is 1. The normalized spacial score (nSPS) is 18.1. The van der Waals surface area contributed by atoms with Crippen LogP contribution in [-0.2, 0) is 11.3 Å². The molecule has 1 saturated heterocycles. The maximum atomic E-state index is 12.2. The molecular formula is C20H25N3O. The fraction of sp³-hybridized carbons (Fsp3) is 0.350. The molecule has 0 radical (unpaired) electrons. The lowest BCUT2D eigenvalue weighted by Crippen LogP contribution is -2.48. The summed E-state index contributed by atoms with van der Waals surface area (Å²) in [7, 11) is 0. The van der Waals surface area contributed by atoms with Crippen molar-refractivity contribution in [3.8, 4) is 0 Å². The topological polar surface area (TPSA) is 44.4 Å². The van der Waals surface area contributed by atoms with Gasteiger partial charge in [-0.15, -0.1) is 0 Å². The molecule has 0 aromatic heterocycles. The van der Waals surface area contributed by atoms with E-state index in [4.69, 9.17) is 0 Å². The van der Waals surface area contributed by atoms with Gasteiger partial charge in [0, 0.05) is 24.8 Å². The van der Waals surface area contributed by atoms with E-state index >= 15 is 0 Å². The average Bonchev–Trinajstić information content (AvgIpc) is 2.62. The summed E-state index contributed by atoms with van der Waals surface area (Å²) in [4.78, 5) is 14.6. The number of para-hydroxylation sites is 1. The summed E-state index contributed by atoms with van der Waals surface area (Å²) in [5, 5.41) is 6.32. The SMILES string of the molecule is O=C(CNc1ccccc1)NC1CCCN(Cc2ccccc2)C1. The van der Waals surface area contributed by atoms with Gasteiger partial charge in [0.1, 0.15) is 0 Å². The summed E-state index contributed by atoms with van der Waals surface area (Å²) in [5.74, 6) is 0.0606. The van der Waals surface area contributed by atoms with E-state index in [1.807, 2.05) is 36.4 Å². The number of nitrogens with one attached hydrogen (secondary N) is 2. The molecule has 4 heteroatoms. The zero-order valence-corrected chi connectivity index (χ0v) is 13.9. The number of hydrogen-bond donors (Lipinski definition) is 2. The summed E-state index contributed by atoms with van der Waals surface area (Å²) >= 11 is 0. The fourth-order valence-electron chi connectivity index (χ4n) is 3.18. The molecule has 1 unspecified atom stereocenters. The summed E-state index contributed by atoms with van der Waals surface area (Å²) in [6.07, 6.45) is 2.19. The van der Waals surface area contributed by atoms with Crippen LogP contribution in [0.3, 0.4) is 0 Å². The van der Waals surface area contributed by atoms with Gasteiger partial charge < -0.3 is 10.6 Å². The smallest absolute Gasteiger partial charge is 0.239 e. The van der Waals surface area contributed by atoms with E-state index < -0.39 is 0 Å². The number of benzene rings is 2. The zero-order valence-electron chi connectivity index (χ0n) is 13.9. The van der Waals surface area contributed by atoms with Crippen LogP contribution in [-0.4, -0.2) is 36.5 Å². The number of carbonyl (C=O) groups excluding carboxylic acids is 1. The van der Waals surface area contributed by atoms with Gasteiger partial charge in [-0.2, -0.15) is 0 Å². The lowest BCUT2D eigenvalue weighted by Gasteiger charge is -2.33. The molecule has 24 heavy (non-hydrogen) atoms. The standard InChI is InChI=1S/C20H25N3O/c24-20(14-21-18-10-5-2-6-11-18)22-19-12-7-13-23(16-19)15-17-8-3-1-4-9-17/h1-6,8-11,19,21H,7,12-16H2,(H,22,24). The van der Waals surface area contributed by atoms with E-state index in [0.717, 1.165) is 38.2 Å². The van der Waals surface area contributed by atoms with Crippen LogP contribution in [0.5, 0.6) is 0 Å². The van der Waals surface area contributed by atoms with Crippen LogP contribution in [0.15, 0.2) is 60.7 Å². The molecular weight excluding hydrogens is 298 g/mol. The molecule has 0 aliphatic carbocycles. The van der Waals surface area contributed by atoms with Crippen molar-refractivity contribution in [3.63, 3.8) is 0 Å². The maximum Gasteiger partial charge on any atom is 0.239 e. The molecule has 1 heterocycles. The highest BCUT2D eigenvalue weighted by Gasteiger charge is 2.21. The molecule has 4 nitrogen and oxygen atoms in total. The number of carbonyl (C=O) groups is 1. The van der Waals surface area contributed by atoms with Gasteiger partial charge in [-0.1, -0.05) is 48.5 Å². The van der Waals surface area contributed by atoms with Crippen molar-refractivity contribution in [2.24, 2.45) is 0 Å². The second kappa shape index (κ2) is 8.50. The zero-order chi connectivity index (χ0) is 16.6. The minimum Gasteiger partial charge on any atom is -0.376 e. The van der Waals surface area contributed by atoms with Crippen LogP contribution in [0.25, 0.3) is 0 Å². The number of rotatable bonds is 6. The molecule has 0 spiro atoms. The quantitative estimate of drug-likeness (QED) is 0.859. The van der Waals surface area contributed by atoms with E-state index in [2.05, 4.69) is 39.8 Å². The number of hydrogen-bond acceptors (Lipinski definition) is 3. The van der Waals surface area contributed by atoms with E-state index in [1.54, 1.807) is 0 Å². The van der Waals surface area contributed by atoms with Gasteiger partial charge in [0.15, 0.2) is 0 Å². The number of amides is 1. The van der Waals surface area contributed by atoms with Crippen molar-refractivity contribution in [1.82, 2.24) is 10.2 Å². The highest BCUT2D eigenvalue weighted by atomic mass is 16.2. The predicted molar refractivity (Wildman–Crippen MR) is 97.8 cm³/mol. The van der Waals surface area contributed by atoms with Crippen LogP contribution >= 0.6 is 0 Å². The molecule has 1 atom stereocenters. The molecule has 2 aromatic rings. The highest BCUT2D eigenvalue weighted by Crippen LogP contribution is 2.13. The molecule has 126 valence electrons. The van der Waals surface area contributed by atoms with Crippen molar-refractivity contribution in [3.05, 3.63) is 66.2 Å². The summed E-state index contributed by atoms with van der Waals surface area (Å²) < 4.78 is 0. The van der Waals surface area contributed by atoms with Gasteiger partial charge in [0.25, 0.3) is 0 Å². The Bertz CT molecular complexity index is 630. The van der Waals surface area contributed by atoms with Gasteiger partial charge >= 0.3 is 0 Å². The van der Waals surface area contributed by atoms with E-state index in [0.29, 0.717) is 6.54 Å². The van der Waals surface area contributed by atoms with Crippen LogP contribution in [0.1, 0.15) is 18.4 Å². The van der Waals surface area contributed by atoms with Crippen molar-refractivity contribution in [2.45, 2.75) is 25.4 Å². The molecule has 2 aromatic carbocycles. The van der Waals surface area contributed by atoms with Crippen LogP contribution in [0, 0.1) is 0 Å². The van der Waals surface area contributed by atoms with E-state index in [9.17, 15) is 4.79 Å². The van der Waals surface area contributed by atoms with Crippen molar-refractivity contribution >= 4 is 11.6 Å². The maximum absolute atomic E-state index is 12.2. The monoisotopic (exact) mass is 323 g/mol. The predicted octanol–water partition coefficient (Wildman–Crippen LogP) is 2.88. The molecule has 1 amide bonds. The Morgan fingerprint density at radius 3 is 2.50 bits per heavy atom. The first kappa shape index (κ1) is 16.5. The summed E-state index contributed by atoms with van der Waals surface area (Å²) in [6, 6.07) is 20.6. The fourth-order valence-corrected chi connectivity index (χ4v) is 3.18. The van der Waals surface area contributed by atoms with Crippen LogP contribution < -0.4 is 10.6 Å². The highest BCUT2D eigenvalue weighted by molar-refractivity contribution is 5.80. The summed E-state index contributed by atoms with van der Waals surface area (Å²) in [5.41, 5.74) is 2.30. The Morgan fingerprint density at radius 1 is 1.04 bits per heavy atom. The van der Waals surface area contributed by atoms with Crippen LogP contribution in [0.2, 0.25) is 0 Å². The largest absolute Gasteiger partial charge is 0.376 e. The van der Waals surface area contributed by atoms with Crippen LogP contribution in [0.4, 0.5) is 5.69 Å². The lowest BCUT2D eigenvalue weighted by atomic mass is 10.0. The van der Waals surface area contributed by atoms with Crippen molar-refractivity contribution < 1.29 is 4.79 Å². The number of nitrogens with zero attached hydrogens (tertiary/aromatic N) is 1. The van der Waals surface area contributed by atoms with Gasteiger partial charge in [-0.05, 0) is 37.1 Å². The minimum atomic E-state index is 0.0606.